The Hall–Kier alpha value is -10.5. The van der Waals surface area contributed by atoms with E-state index in [4.69, 9.17) is 25.7 Å². The third-order valence-electron chi connectivity index (χ3n) is 17.0. The van der Waals surface area contributed by atoms with Gasteiger partial charge in [0.15, 0.2) is 11.2 Å². The summed E-state index contributed by atoms with van der Waals surface area (Å²) in [5.41, 5.74) is 15.4. The lowest BCUT2D eigenvalue weighted by Crippen LogP contribution is -2.51. The number of hydrogen-bond acceptors (Lipinski definition) is 21. The molecule has 540 valence electrons. The van der Waals surface area contributed by atoms with Crippen LogP contribution in [0.2, 0.25) is 0 Å². The van der Waals surface area contributed by atoms with Crippen LogP contribution in [0.15, 0.2) is 138 Å². The van der Waals surface area contributed by atoms with Gasteiger partial charge in [0.1, 0.15) is 24.0 Å². The van der Waals surface area contributed by atoms with Gasteiger partial charge in [0, 0.05) is 73.4 Å². The number of alkyl carbamates (subject to hydrolysis) is 1. The minimum atomic E-state index is -1.48. The first-order chi connectivity index (χ1) is 48.4. The van der Waals surface area contributed by atoms with Gasteiger partial charge in [-0.2, -0.15) is 4.98 Å². The van der Waals surface area contributed by atoms with Crippen molar-refractivity contribution in [1.29, 1.82) is 0 Å². The predicted octanol–water partition coefficient (Wildman–Crippen LogP) is 6.60. The van der Waals surface area contributed by atoms with Crippen LogP contribution < -0.4 is 43.6 Å². The zero-order chi connectivity index (χ0) is 73.0. The van der Waals surface area contributed by atoms with Crippen molar-refractivity contribution in [1.82, 2.24) is 56.2 Å². The smallest absolute Gasteiger partial charge is 0.407 e. The zero-order valence-corrected chi connectivity index (χ0v) is 57.4. The highest BCUT2D eigenvalue weighted by Crippen LogP contribution is 2.29. The van der Waals surface area contributed by atoms with Crippen LogP contribution in [-0.4, -0.2) is 160 Å². The lowest BCUT2D eigenvalue weighted by atomic mass is 9.87. The number of nitrogens with two attached hydrogens (primary N) is 2. The number of nitrogen functional groups attached to an aromatic ring is 1. The Morgan fingerprint density at radius 1 is 0.871 bits per heavy atom. The van der Waals surface area contributed by atoms with Crippen LogP contribution in [0.5, 0.6) is 0 Å². The molecule has 5 heterocycles. The number of hydrogen-bond donors (Lipinski definition) is 11. The second-order valence-corrected chi connectivity index (χ2v) is 25.2. The second-order valence-electron chi connectivity index (χ2n) is 25.2. The lowest BCUT2D eigenvalue weighted by Gasteiger charge is -2.39. The number of allylic oxidation sites excluding steroid dienone is 7. The number of anilines is 2. The number of nitrogens with zero attached hydrogens (tertiary/aromatic N) is 6. The number of carboxylic acids is 2. The Bertz CT molecular complexity index is 3920. The summed E-state index contributed by atoms with van der Waals surface area (Å²) < 4.78 is 18.9. The normalized spacial score (nSPS) is 18.7. The summed E-state index contributed by atoms with van der Waals surface area (Å²) in [6.45, 7) is 10.6. The highest BCUT2D eigenvalue weighted by Gasteiger charge is 2.38. The molecule has 0 saturated carbocycles. The molecular weight excluding hydrogens is 1300 g/mol. The van der Waals surface area contributed by atoms with Crippen LogP contribution in [0, 0.1) is 17.8 Å². The Balaban J connectivity index is 0.864. The number of carbonyl (C=O) groups excluding carboxylic acids is 6. The van der Waals surface area contributed by atoms with Crippen LogP contribution in [0.4, 0.5) is 16.4 Å². The Morgan fingerprint density at radius 2 is 1.59 bits per heavy atom. The number of H-pyrrole nitrogens is 1. The molecule has 5 aromatic rings. The number of aromatic nitrogens is 7. The number of carbonyl (C=O) groups is 8. The largest absolute Gasteiger partial charge is 0.480 e. The first-order valence-electron chi connectivity index (χ1n) is 33.9. The van der Waals surface area contributed by atoms with Gasteiger partial charge in [0.25, 0.3) is 17.4 Å². The average molecular weight is 1390 g/mol. The quantitative estimate of drug-likeness (QED) is 0.00858. The monoisotopic (exact) mass is 1390 g/mol. The Morgan fingerprint density at radius 3 is 2.32 bits per heavy atom. The molecule has 0 radical (unpaired) electrons. The number of aromatic amines is 1. The molecular formula is C72H92N14O15. The van der Waals surface area contributed by atoms with E-state index >= 15 is 0 Å². The number of aliphatic carboxylic acids is 2. The number of amides is 4. The summed E-state index contributed by atoms with van der Waals surface area (Å²) >= 11 is 0. The molecule has 4 amide bonds. The fourth-order valence-electron chi connectivity index (χ4n) is 11.4. The van der Waals surface area contributed by atoms with E-state index in [-0.39, 0.29) is 123 Å². The molecule has 0 unspecified atom stereocenters. The molecule has 0 spiro atoms. The molecule has 13 N–H and O–H groups in total. The molecule has 2 aromatic carbocycles. The van der Waals surface area contributed by atoms with E-state index in [0.29, 0.717) is 67.0 Å². The highest BCUT2D eigenvalue weighted by atomic mass is 16.6. The molecule has 2 aliphatic rings. The molecule has 101 heavy (non-hydrogen) atoms. The zero-order valence-electron chi connectivity index (χ0n) is 57.4. The summed E-state index contributed by atoms with van der Waals surface area (Å²) in [4.78, 5) is 130. The molecule has 1 saturated heterocycles. The van der Waals surface area contributed by atoms with Crippen LogP contribution in [-0.2, 0) is 51.1 Å². The van der Waals surface area contributed by atoms with Crippen LogP contribution in [0.3, 0.4) is 0 Å². The number of aliphatic hydroxyl groups excluding tert-OH is 1. The van der Waals surface area contributed by atoms with Crippen LogP contribution in [0.1, 0.15) is 144 Å². The highest BCUT2D eigenvalue weighted by molar-refractivity contribution is 5.97. The summed E-state index contributed by atoms with van der Waals surface area (Å²) in [5.74, 6) is -6.32. The standard InChI is InChI=1S/C72H92N14O15/c1-6-13-60-46(5)59(88)39-61(101-60)56(18-11-14-43(2)36-45(4)37-44(3)20-30-55-16-12-19-62(89)100-55)81-72(98)99-35-32-51-42-86(85-84-51)53-27-23-47(24-28-53)65(90)75-34-10-8-15-49(67(92)79-57(69(94)95)17-7-9-33-73)38-54(87)29-31-58(70(96)97)80-66(91)48-21-25-50(26-22-48)76-40-52-41-77-64-63(78-52)68(93)83-71(74)82-64/h6,11-14,18-28,30,37,41-42,45-46,49,55-61,76,88H,7-10,15-17,29,31-36,38-40,73H2,1-5H3,(H,75,90)(H,79,92)(H,80,91)(H,81,98)(H,94,95)(H,96,97)(H3,74,77,82,83,93)/b13-6+,18-11+,30-20+,43-14+,44-37-/t45-,46+,49-,55-,56-,57-,58+,59-,60+,61+/m1/s1. The summed E-state index contributed by atoms with van der Waals surface area (Å²) in [5, 5.41) is 53.4. The maximum Gasteiger partial charge on any atom is 0.407 e. The topological polar surface area (TPSA) is 439 Å². The number of rotatable bonds is 38. The van der Waals surface area contributed by atoms with E-state index in [9.17, 15) is 58.5 Å². The van der Waals surface area contributed by atoms with E-state index < -0.39 is 77.4 Å². The van der Waals surface area contributed by atoms with Gasteiger partial charge in [0.05, 0.1) is 67.0 Å². The van der Waals surface area contributed by atoms with E-state index in [2.05, 4.69) is 69.8 Å². The molecule has 1 fully saturated rings. The average Bonchev–Trinajstić information content (AvgIpc) is 1.75. The second kappa shape index (κ2) is 39.3. The summed E-state index contributed by atoms with van der Waals surface area (Å²) in [6, 6.07) is 9.29. The van der Waals surface area contributed by atoms with Gasteiger partial charge >= 0.3 is 24.0 Å². The molecule has 2 aliphatic heterocycles. The number of ketones is 1. The van der Waals surface area contributed by atoms with Crippen molar-refractivity contribution in [3.63, 3.8) is 0 Å². The van der Waals surface area contributed by atoms with Crippen molar-refractivity contribution >= 4 is 70.3 Å². The number of cyclic esters (lactones) is 1. The summed E-state index contributed by atoms with van der Waals surface area (Å²) in [6.07, 6.45) is 22.1. The molecule has 0 bridgehead atoms. The van der Waals surface area contributed by atoms with Crippen molar-refractivity contribution in [3.8, 4) is 5.69 Å². The number of esters is 1. The van der Waals surface area contributed by atoms with Crippen molar-refractivity contribution < 1.29 is 67.9 Å². The number of Topliss-reactive ketones (excluding diaryl/α,β-unsaturated/α-hetero) is 1. The minimum Gasteiger partial charge on any atom is -0.480 e. The van der Waals surface area contributed by atoms with Gasteiger partial charge in [-0.1, -0.05) is 85.2 Å². The van der Waals surface area contributed by atoms with Gasteiger partial charge in [-0.25, -0.2) is 33.8 Å². The summed E-state index contributed by atoms with van der Waals surface area (Å²) in [7, 11) is 0. The first-order valence-corrected chi connectivity index (χ1v) is 33.9. The predicted molar refractivity (Wildman–Crippen MR) is 376 cm³/mol. The van der Waals surface area contributed by atoms with E-state index in [0.717, 1.165) is 17.6 Å². The van der Waals surface area contributed by atoms with Gasteiger partial charge in [-0.15, -0.1) is 5.10 Å². The number of fused-ring (bicyclic) bond motifs is 1. The van der Waals surface area contributed by atoms with Crippen LogP contribution >= 0.6 is 0 Å². The number of aliphatic hydroxyl groups is 1. The molecule has 29 nitrogen and oxygen atoms in total. The number of ether oxygens (including phenoxy) is 3. The fraction of sp³-hybridized carbons (Fsp3) is 0.444. The van der Waals surface area contributed by atoms with Crippen molar-refractivity contribution in [2.75, 3.05) is 30.7 Å². The van der Waals surface area contributed by atoms with Gasteiger partial charge in [-0.05, 0) is 133 Å². The van der Waals surface area contributed by atoms with Gasteiger partial charge in [0.2, 0.25) is 11.9 Å². The molecule has 29 heteroatoms. The number of nitrogens with one attached hydrogen (secondary N) is 6. The van der Waals surface area contributed by atoms with Crippen molar-refractivity contribution in [3.05, 3.63) is 166 Å². The fourth-order valence-corrected chi connectivity index (χ4v) is 11.4. The minimum absolute atomic E-state index is 0.00749. The van der Waals surface area contributed by atoms with Crippen LogP contribution in [0.25, 0.3) is 16.9 Å². The van der Waals surface area contributed by atoms with Gasteiger partial charge in [-0.3, -0.25) is 29.0 Å². The number of unbranched alkanes of at least 4 members (excludes halogenated alkanes) is 2. The van der Waals surface area contributed by atoms with Crippen molar-refractivity contribution in [2.45, 2.75) is 167 Å². The van der Waals surface area contributed by atoms with E-state index in [1.807, 2.05) is 70.2 Å². The van der Waals surface area contributed by atoms with E-state index in [1.165, 1.54) is 29.1 Å². The number of benzene rings is 2. The maximum atomic E-state index is 13.7. The number of carboxylic acid groups (broad SMARTS) is 2. The molecule has 3 aromatic heterocycles. The SMILES string of the molecule is C/C=C/[C@@H]1O[C@H]([C@@H](/C=C/C=C(\C)C[C@@H](C)/C=C(C)\C=C\[C@H]2CC=CC(=O)O2)NC(=O)OCCc2cn(-c3ccc(C(=O)NCCCC[C@H](CC(=O)CC[C@H](NC(=O)c4ccc(NCc5cnc6nc(N)[nH]c(=O)c6n5)cc4)C(=O)O)C(=O)N[C@H](CCCCN)C(=O)O)cc3)nn2)C[C@@H](O)[C@@H]1C. The Labute approximate surface area is 584 Å². The lowest BCUT2D eigenvalue weighted by molar-refractivity contribution is -0.143. The van der Waals surface area contributed by atoms with E-state index in [1.54, 1.807) is 48.7 Å². The maximum absolute atomic E-state index is 13.7. The first kappa shape index (κ1) is 77.8. The third-order valence-corrected chi connectivity index (χ3v) is 17.0. The molecule has 0 aliphatic carbocycles. The van der Waals surface area contributed by atoms with Crippen molar-refractivity contribution in [2.24, 2.45) is 23.5 Å². The molecule has 7 rings (SSSR count). The molecule has 10 atom stereocenters. The third kappa shape index (κ3) is 25.3. The van der Waals surface area contributed by atoms with Gasteiger partial charge < -0.3 is 67.6 Å². The Kier molecular flexibility index (Phi) is 30.3.